The van der Waals surface area contributed by atoms with Crippen molar-refractivity contribution in [1.29, 1.82) is 0 Å². The van der Waals surface area contributed by atoms with E-state index in [0.29, 0.717) is 0 Å². The predicted molar refractivity (Wildman–Crippen MR) is 66.7 cm³/mol. The number of hydrogen-bond donors (Lipinski definition) is 1. The summed E-state index contributed by atoms with van der Waals surface area (Å²) in [5.41, 5.74) is 0. The van der Waals surface area contributed by atoms with Gasteiger partial charge in [0.05, 0.1) is 12.4 Å². The second kappa shape index (κ2) is 6.57. The van der Waals surface area contributed by atoms with Crippen LogP contribution in [0.15, 0.2) is 0 Å². The zero-order valence-electron chi connectivity index (χ0n) is 10.4. The molecule has 4 nitrogen and oxygen atoms in total. The molecule has 1 aliphatic heterocycles. The van der Waals surface area contributed by atoms with Crippen molar-refractivity contribution < 1.29 is 8.42 Å². The van der Waals surface area contributed by atoms with Crippen molar-refractivity contribution >= 4 is 10.0 Å². The van der Waals surface area contributed by atoms with Crippen molar-refractivity contribution in [3.63, 3.8) is 0 Å². The Kier molecular flexibility index (Phi) is 5.72. The molecule has 1 N–H and O–H groups in total. The van der Waals surface area contributed by atoms with Gasteiger partial charge in [-0.1, -0.05) is 26.2 Å². The largest absolute Gasteiger partial charge is 0.287 e. The third-order valence-electron chi connectivity index (χ3n) is 3.01. The number of rotatable bonds is 6. The average Bonchev–Trinajstić information content (AvgIpc) is 2.24. The van der Waals surface area contributed by atoms with Gasteiger partial charge in [-0.05, 0) is 32.4 Å². The first-order valence-corrected chi connectivity index (χ1v) is 8.13. The molecule has 0 spiro atoms. The van der Waals surface area contributed by atoms with Crippen LogP contribution in [-0.4, -0.2) is 38.8 Å². The first-order chi connectivity index (χ1) is 7.53. The van der Waals surface area contributed by atoms with Crippen LogP contribution in [0, 0.1) is 0 Å². The maximum Gasteiger partial charge on any atom is 0.210 e. The summed E-state index contributed by atoms with van der Waals surface area (Å²) >= 11 is 0. The minimum atomic E-state index is -3.09. The first kappa shape index (κ1) is 13.9. The third kappa shape index (κ3) is 5.27. The Morgan fingerprint density at radius 3 is 2.38 bits per heavy atom. The second-order valence-corrected chi connectivity index (χ2v) is 6.42. The molecular formula is C11H24N2O2S. The molecule has 0 aromatic heterocycles. The highest BCUT2D eigenvalue weighted by Crippen LogP contribution is 2.15. The topological polar surface area (TPSA) is 49.4 Å². The molecule has 1 aliphatic rings. The summed E-state index contributed by atoms with van der Waals surface area (Å²) in [6.45, 7) is 4.18. The molecule has 0 aliphatic carbocycles. The van der Waals surface area contributed by atoms with Gasteiger partial charge >= 0.3 is 0 Å². The Hall–Kier alpha value is -0.130. The van der Waals surface area contributed by atoms with E-state index in [1.165, 1.54) is 25.5 Å². The molecule has 1 saturated heterocycles. The molecule has 1 heterocycles. The molecule has 1 fully saturated rings. The molecule has 5 heteroatoms. The molecule has 16 heavy (non-hydrogen) atoms. The minimum absolute atomic E-state index is 0.00949. The van der Waals surface area contributed by atoms with Crippen LogP contribution in [0.1, 0.15) is 45.4 Å². The lowest BCUT2D eigenvalue weighted by atomic mass is 10.1. The summed E-state index contributed by atoms with van der Waals surface area (Å²) in [5, 5.41) is 0. The van der Waals surface area contributed by atoms with Gasteiger partial charge in [-0.3, -0.25) is 4.90 Å². The number of nitrogens with zero attached hydrogens (tertiary/aromatic N) is 1. The smallest absolute Gasteiger partial charge is 0.210 e. The summed E-state index contributed by atoms with van der Waals surface area (Å²) < 4.78 is 25.4. The van der Waals surface area contributed by atoms with Crippen LogP contribution in [0.2, 0.25) is 0 Å². The minimum Gasteiger partial charge on any atom is -0.287 e. The van der Waals surface area contributed by atoms with E-state index < -0.39 is 10.0 Å². The number of piperidine rings is 1. The summed E-state index contributed by atoms with van der Waals surface area (Å²) in [7, 11) is -3.09. The zero-order valence-corrected chi connectivity index (χ0v) is 11.2. The van der Waals surface area contributed by atoms with Gasteiger partial charge in [0.1, 0.15) is 0 Å². The van der Waals surface area contributed by atoms with Crippen LogP contribution >= 0.6 is 0 Å². The maximum absolute atomic E-state index is 11.3. The highest BCUT2D eigenvalue weighted by molar-refractivity contribution is 7.88. The first-order valence-electron chi connectivity index (χ1n) is 6.24. The fourth-order valence-corrected chi connectivity index (χ4v) is 2.95. The van der Waals surface area contributed by atoms with Crippen molar-refractivity contribution in [2.75, 3.05) is 19.3 Å². The van der Waals surface area contributed by atoms with E-state index in [1.807, 2.05) is 0 Å². The van der Waals surface area contributed by atoms with Crippen LogP contribution in [0.3, 0.4) is 0 Å². The molecule has 0 aromatic carbocycles. The van der Waals surface area contributed by atoms with E-state index in [4.69, 9.17) is 0 Å². The number of nitrogens with one attached hydrogen (secondary N) is 1. The molecular weight excluding hydrogens is 224 g/mol. The van der Waals surface area contributed by atoms with Gasteiger partial charge in [-0.2, -0.15) is 4.72 Å². The van der Waals surface area contributed by atoms with Crippen LogP contribution in [0.4, 0.5) is 0 Å². The van der Waals surface area contributed by atoms with Gasteiger partial charge in [0.15, 0.2) is 0 Å². The Morgan fingerprint density at radius 2 is 1.88 bits per heavy atom. The molecule has 0 aromatic rings. The highest BCUT2D eigenvalue weighted by Gasteiger charge is 2.22. The van der Waals surface area contributed by atoms with E-state index in [2.05, 4.69) is 16.5 Å². The zero-order chi connectivity index (χ0) is 12.0. The van der Waals surface area contributed by atoms with Crippen LogP contribution in [0.25, 0.3) is 0 Å². The summed E-state index contributed by atoms with van der Waals surface area (Å²) in [6, 6.07) is 0. The van der Waals surface area contributed by atoms with Gasteiger partial charge in [-0.15, -0.1) is 0 Å². The monoisotopic (exact) mass is 248 g/mol. The number of hydrogen-bond acceptors (Lipinski definition) is 3. The van der Waals surface area contributed by atoms with Crippen LogP contribution < -0.4 is 4.72 Å². The van der Waals surface area contributed by atoms with Crippen LogP contribution in [-0.2, 0) is 10.0 Å². The van der Waals surface area contributed by atoms with E-state index in [1.54, 1.807) is 0 Å². The second-order valence-electron chi connectivity index (χ2n) is 4.64. The molecule has 96 valence electrons. The van der Waals surface area contributed by atoms with E-state index >= 15 is 0 Å². The Labute approximate surface area is 99.5 Å². The highest BCUT2D eigenvalue weighted by atomic mass is 32.2. The Bertz CT molecular complexity index is 284. The lowest BCUT2D eigenvalue weighted by Gasteiger charge is -2.34. The average molecular weight is 248 g/mol. The predicted octanol–water partition coefficient (Wildman–Crippen LogP) is 1.54. The van der Waals surface area contributed by atoms with E-state index in [0.717, 1.165) is 32.4 Å². The van der Waals surface area contributed by atoms with Crippen molar-refractivity contribution in [2.24, 2.45) is 0 Å². The van der Waals surface area contributed by atoms with Gasteiger partial charge in [0.2, 0.25) is 10.0 Å². The van der Waals surface area contributed by atoms with Gasteiger partial charge in [0, 0.05) is 0 Å². The molecule has 1 rings (SSSR count). The van der Waals surface area contributed by atoms with Crippen molar-refractivity contribution in [3.05, 3.63) is 0 Å². The molecule has 0 saturated carbocycles. The normalized spacial score (nSPS) is 20.9. The van der Waals surface area contributed by atoms with Gasteiger partial charge < -0.3 is 0 Å². The fraction of sp³-hybridized carbons (Fsp3) is 1.00. The van der Waals surface area contributed by atoms with Crippen molar-refractivity contribution in [1.82, 2.24) is 9.62 Å². The van der Waals surface area contributed by atoms with E-state index in [9.17, 15) is 8.42 Å². The number of likely N-dealkylation sites (tertiary alicyclic amines) is 1. The Morgan fingerprint density at radius 1 is 1.25 bits per heavy atom. The van der Waals surface area contributed by atoms with E-state index in [-0.39, 0.29) is 6.17 Å². The fourth-order valence-electron chi connectivity index (χ4n) is 2.19. The molecule has 0 radical (unpaired) electrons. The maximum atomic E-state index is 11.3. The molecule has 0 amide bonds. The molecule has 0 bridgehead atoms. The summed E-state index contributed by atoms with van der Waals surface area (Å²) in [6.07, 6.45) is 8.01. The van der Waals surface area contributed by atoms with Gasteiger partial charge in [0.25, 0.3) is 0 Å². The Balaban J connectivity index is 2.54. The van der Waals surface area contributed by atoms with Gasteiger partial charge in [-0.25, -0.2) is 8.42 Å². The van der Waals surface area contributed by atoms with Crippen LogP contribution in [0.5, 0.6) is 0 Å². The third-order valence-corrected chi connectivity index (χ3v) is 3.71. The number of unbranched alkanes of at least 4 members (excludes halogenated alkanes) is 1. The summed E-state index contributed by atoms with van der Waals surface area (Å²) in [4.78, 5) is 2.28. The number of sulfonamides is 1. The van der Waals surface area contributed by atoms with Crippen molar-refractivity contribution in [3.8, 4) is 0 Å². The molecule has 1 atom stereocenters. The SMILES string of the molecule is CCCCC(NS(C)(=O)=O)N1CCCCC1. The quantitative estimate of drug-likeness (QED) is 0.775. The molecule has 1 unspecified atom stereocenters. The summed E-state index contributed by atoms with van der Waals surface area (Å²) in [5.74, 6) is 0. The van der Waals surface area contributed by atoms with Crippen molar-refractivity contribution in [2.45, 2.75) is 51.6 Å². The standard InChI is InChI=1S/C11H24N2O2S/c1-3-4-8-11(12-16(2,14)15)13-9-6-5-7-10-13/h11-12H,3-10H2,1-2H3. The lowest BCUT2D eigenvalue weighted by Crippen LogP contribution is -2.49. The lowest BCUT2D eigenvalue weighted by molar-refractivity contribution is 0.144.